The van der Waals surface area contributed by atoms with Gasteiger partial charge in [0.15, 0.2) is 11.5 Å². The summed E-state index contributed by atoms with van der Waals surface area (Å²) in [5.41, 5.74) is 3.27. The highest BCUT2D eigenvalue weighted by Gasteiger charge is 2.31. The Morgan fingerprint density at radius 2 is 1.91 bits per heavy atom. The van der Waals surface area contributed by atoms with Crippen molar-refractivity contribution in [1.29, 1.82) is 0 Å². The van der Waals surface area contributed by atoms with E-state index < -0.39 is 0 Å². The number of fused-ring (bicyclic) bond motifs is 1. The number of methoxy groups -OCH3 is 1. The monoisotopic (exact) mass is 462 g/mol. The van der Waals surface area contributed by atoms with E-state index in [0.717, 1.165) is 79.4 Å². The highest BCUT2D eigenvalue weighted by Crippen LogP contribution is 2.40. The largest absolute Gasteiger partial charge is 0.496 e. The Balaban J connectivity index is 1.07. The van der Waals surface area contributed by atoms with Crippen LogP contribution in [0, 0.1) is 0 Å². The molecule has 1 N–H and O–H groups in total. The second kappa shape index (κ2) is 8.92. The highest BCUT2D eigenvalue weighted by molar-refractivity contribution is 5.86. The molecule has 1 fully saturated rings. The first kappa shape index (κ1) is 21.4. The molecule has 0 spiro atoms. The third-order valence-electron chi connectivity index (χ3n) is 7.31. The van der Waals surface area contributed by atoms with Crippen LogP contribution in [-0.2, 0) is 13.1 Å². The molecule has 6 rings (SSSR count). The van der Waals surface area contributed by atoms with E-state index >= 15 is 0 Å². The first-order valence-corrected chi connectivity index (χ1v) is 12.1. The van der Waals surface area contributed by atoms with Gasteiger partial charge in [0, 0.05) is 49.3 Å². The van der Waals surface area contributed by atoms with Crippen LogP contribution < -0.4 is 25.1 Å². The van der Waals surface area contributed by atoms with E-state index in [1.807, 2.05) is 28.8 Å². The van der Waals surface area contributed by atoms with Crippen molar-refractivity contribution in [2.45, 2.75) is 37.9 Å². The van der Waals surface area contributed by atoms with Gasteiger partial charge in [-0.25, -0.2) is 0 Å². The van der Waals surface area contributed by atoms with Crippen molar-refractivity contribution in [2.75, 3.05) is 40.0 Å². The molecule has 3 aromatic rings. The lowest BCUT2D eigenvalue weighted by Crippen LogP contribution is -2.43. The summed E-state index contributed by atoms with van der Waals surface area (Å²) in [5.74, 6) is 2.67. The Morgan fingerprint density at radius 3 is 2.74 bits per heavy atom. The molecule has 2 aromatic heterocycles. The van der Waals surface area contributed by atoms with Gasteiger partial charge in [-0.3, -0.25) is 9.78 Å². The molecule has 5 heterocycles. The average molecular weight is 463 g/mol. The Kier molecular flexibility index (Phi) is 5.63. The van der Waals surface area contributed by atoms with Crippen molar-refractivity contribution in [3.63, 3.8) is 0 Å². The maximum absolute atomic E-state index is 12.5. The van der Waals surface area contributed by atoms with Gasteiger partial charge in [-0.05, 0) is 49.5 Å². The minimum Gasteiger partial charge on any atom is -0.496 e. The second-order valence-corrected chi connectivity index (χ2v) is 9.37. The number of nitrogens with zero attached hydrogens (tertiary/aromatic N) is 3. The molecule has 1 unspecified atom stereocenters. The standard InChI is InChI=1S/C26H30N4O4/c1-32-21-4-2-17-3-5-24(31)30-16-18(25(21)26(17)30)15-29-8-6-19(7-9-29)27-13-20-12-22-23(14-28-20)34-11-10-33-22/h2-5,12,14,18-19,27H,6-11,13,15-16H2,1H3. The summed E-state index contributed by atoms with van der Waals surface area (Å²) in [7, 11) is 1.71. The molecule has 0 radical (unpaired) electrons. The van der Waals surface area contributed by atoms with E-state index in [4.69, 9.17) is 14.2 Å². The Morgan fingerprint density at radius 1 is 1.12 bits per heavy atom. The third-order valence-corrected chi connectivity index (χ3v) is 7.31. The summed E-state index contributed by atoms with van der Waals surface area (Å²) in [6.45, 7) is 5.62. The lowest BCUT2D eigenvalue weighted by atomic mass is 9.96. The predicted molar refractivity (Wildman–Crippen MR) is 129 cm³/mol. The first-order chi connectivity index (χ1) is 16.7. The smallest absolute Gasteiger partial charge is 0.251 e. The molecule has 0 aliphatic carbocycles. The molecule has 3 aliphatic heterocycles. The molecule has 1 saturated heterocycles. The lowest BCUT2D eigenvalue weighted by molar-refractivity contribution is 0.170. The molecule has 8 heteroatoms. The topological polar surface area (TPSA) is 77.9 Å². The van der Waals surface area contributed by atoms with Crippen LogP contribution >= 0.6 is 0 Å². The van der Waals surface area contributed by atoms with Crippen LogP contribution in [0.2, 0.25) is 0 Å². The number of hydrogen-bond acceptors (Lipinski definition) is 7. The van der Waals surface area contributed by atoms with Gasteiger partial charge < -0.3 is 29.0 Å². The average Bonchev–Trinajstić information content (AvgIpc) is 3.26. The van der Waals surface area contributed by atoms with Crippen molar-refractivity contribution in [2.24, 2.45) is 0 Å². The Labute approximate surface area is 198 Å². The summed E-state index contributed by atoms with van der Waals surface area (Å²) < 4.78 is 18.8. The lowest BCUT2D eigenvalue weighted by Gasteiger charge is -2.34. The van der Waals surface area contributed by atoms with E-state index in [9.17, 15) is 4.79 Å². The number of likely N-dealkylation sites (tertiary alicyclic amines) is 1. The zero-order chi connectivity index (χ0) is 23.1. The number of piperidine rings is 1. The molecule has 1 aromatic carbocycles. The second-order valence-electron chi connectivity index (χ2n) is 9.37. The SMILES string of the molecule is COc1ccc2ccc(=O)n3c2c1C(CN1CCC(NCc2cc4c(cn2)OCCO4)CC1)C3. The van der Waals surface area contributed by atoms with E-state index in [-0.39, 0.29) is 11.5 Å². The van der Waals surface area contributed by atoms with Crippen LogP contribution in [0.3, 0.4) is 0 Å². The van der Waals surface area contributed by atoms with Crippen molar-refractivity contribution in [3.8, 4) is 17.2 Å². The van der Waals surface area contributed by atoms with E-state index in [1.54, 1.807) is 19.4 Å². The fourth-order valence-corrected chi connectivity index (χ4v) is 5.58. The summed E-state index contributed by atoms with van der Waals surface area (Å²) in [5, 5.41) is 4.77. The summed E-state index contributed by atoms with van der Waals surface area (Å²) in [6, 6.07) is 10.1. The quantitative estimate of drug-likeness (QED) is 0.603. The molecule has 0 saturated carbocycles. The Hall–Kier alpha value is -3.10. The predicted octanol–water partition coefficient (Wildman–Crippen LogP) is 2.53. The molecule has 34 heavy (non-hydrogen) atoms. The highest BCUT2D eigenvalue weighted by atomic mass is 16.6. The molecule has 0 bridgehead atoms. The van der Waals surface area contributed by atoms with Crippen LogP contribution in [0.1, 0.15) is 30.0 Å². The first-order valence-electron chi connectivity index (χ1n) is 12.1. The summed E-state index contributed by atoms with van der Waals surface area (Å²) in [4.78, 5) is 19.6. The minimum absolute atomic E-state index is 0.0696. The van der Waals surface area contributed by atoms with Crippen molar-refractivity contribution < 1.29 is 14.2 Å². The van der Waals surface area contributed by atoms with Gasteiger partial charge in [-0.2, -0.15) is 0 Å². The number of pyridine rings is 2. The number of rotatable bonds is 6. The summed E-state index contributed by atoms with van der Waals surface area (Å²) in [6.07, 6.45) is 3.94. The molecule has 3 aliphatic rings. The van der Waals surface area contributed by atoms with E-state index in [2.05, 4.69) is 15.2 Å². The fourth-order valence-electron chi connectivity index (χ4n) is 5.58. The van der Waals surface area contributed by atoms with Crippen LogP contribution in [0.4, 0.5) is 0 Å². The number of nitrogens with one attached hydrogen (secondary N) is 1. The maximum Gasteiger partial charge on any atom is 0.251 e. The van der Waals surface area contributed by atoms with Crippen LogP contribution in [0.25, 0.3) is 10.9 Å². The molecule has 8 nitrogen and oxygen atoms in total. The van der Waals surface area contributed by atoms with Gasteiger partial charge in [0.2, 0.25) is 0 Å². The van der Waals surface area contributed by atoms with Crippen LogP contribution in [0.5, 0.6) is 17.2 Å². The fraction of sp³-hybridized carbons (Fsp3) is 0.462. The zero-order valence-corrected chi connectivity index (χ0v) is 19.5. The van der Waals surface area contributed by atoms with E-state index in [0.29, 0.717) is 19.3 Å². The molecule has 1 atom stereocenters. The number of aromatic nitrogens is 2. The maximum atomic E-state index is 12.5. The van der Waals surface area contributed by atoms with Gasteiger partial charge in [-0.15, -0.1) is 0 Å². The van der Waals surface area contributed by atoms with E-state index in [1.165, 1.54) is 5.56 Å². The van der Waals surface area contributed by atoms with Crippen molar-refractivity contribution in [1.82, 2.24) is 19.8 Å². The van der Waals surface area contributed by atoms with Crippen molar-refractivity contribution >= 4 is 10.9 Å². The molecular formula is C26H30N4O4. The zero-order valence-electron chi connectivity index (χ0n) is 19.5. The van der Waals surface area contributed by atoms with Crippen LogP contribution in [-0.4, -0.2) is 60.5 Å². The van der Waals surface area contributed by atoms with Crippen molar-refractivity contribution in [3.05, 3.63) is 58.1 Å². The van der Waals surface area contributed by atoms with Gasteiger partial charge in [0.25, 0.3) is 5.56 Å². The Bertz CT molecular complexity index is 1270. The van der Waals surface area contributed by atoms with Gasteiger partial charge in [-0.1, -0.05) is 0 Å². The number of benzene rings is 1. The van der Waals surface area contributed by atoms with Gasteiger partial charge >= 0.3 is 0 Å². The molecule has 0 amide bonds. The normalized spacial score (nSPS) is 20.1. The third kappa shape index (κ3) is 3.91. The minimum atomic E-state index is 0.0696. The number of hydrogen-bond donors (Lipinski definition) is 1. The molecule has 178 valence electrons. The van der Waals surface area contributed by atoms with Gasteiger partial charge in [0.05, 0.1) is 24.5 Å². The summed E-state index contributed by atoms with van der Waals surface area (Å²) >= 11 is 0. The van der Waals surface area contributed by atoms with Crippen LogP contribution in [0.15, 0.2) is 41.3 Å². The molecular weight excluding hydrogens is 432 g/mol. The number of ether oxygens (including phenoxy) is 3. The van der Waals surface area contributed by atoms with Gasteiger partial charge in [0.1, 0.15) is 19.0 Å².